The second-order valence-corrected chi connectivity index (χ2v) is 5.56. The standard InChI is InChI=1S/C17H14FN5O/c1-11-20-15-9-5-3-7-13(15)17(24)22(11)23-16(10-19-21-23)12-6-2-4-8-14(12)18/h2-9,16H,10H2,1H3. The van der Waals surface area contributed by atoms with Crippen LogP contribution < -0.4 is 10.7 Å². The lowest BCUT2D eigenvalue weighted by Gasteiger charge is -2.25. The first-order chi connectivity index (χ1) is 11.7. The number of benzene rings is 2. The Balaban J connectivity index is 1.89. The zero-order valence-corrected chi connectivity index (χ0v) is 12.9. The highest BCUT2D eigenvalue weighted by Gasteiger charge is 2.30. The Kier molecular flexibility index (Phi) is 3.34. The Morgan fingerprint density at radius 3 is 2.71 bits per heavy atom. The summed E-state index contributed by atoms with van der Waals surface area (Å²) < 4.78 is 15.5. The van der Waals surface area contributed by atoms with Crippen LogP contribution in [0.5, 0.6) is 0 Å². The fourth-order valence-electron chi connectivity index (χ4n) is 2.94. The SMILES string of the molecule is Cc1nc2ccccc2c(=O)n1N1N=NCC1c1ccccc1F. The molecule has 7 heteroatoms. The third-order valence-electron chi connectivity index (χ3n) is 4.07. The summed E-state index contributed by atoms with van der Waals surface area (Å²) in [7, 11) is 0. The zero-order chi connectivity index (χ0) is 16.7. The number of rotatable bonds is 2. The molecule has 1 aliphatic rings. The number of para-hydroxylation sites is 1. The number of aryl methyl sites for hydroxylation is 1. The van der Waals surface area contributed by atoms with Crippen LogP contribution in [0.1, 0.15) is 17.4 Å². The van der Waals surface area contributed by atoms with E-state index in [0.29, 0.717) is 22.3 Å². The van der Waals surface area contributed by atoms with E-state index in [9.17, 15) is 9.18 Å². The van der Waals surface area contributed by atoms with E-state index < -0.39 is 6.04 Å². The van der Waals surface area contributed by atoms with E-state index in [-0.39, 0.29) is 17.9 Å². The van der Waals surface area contributed by atoms with Crippen LogP contribution in [0.3, 0.4) is 0 Å². The number of hydrogen-bond acceptors (Lipinski definition) is 5. The summed E-state index contributed by atoms with van der Waals surface area (Å²) in [6.07, 6.45) is 0. The normalized spacial score (nSPS) is 16.9. The second-order valence-electron chi connectivity index (χ2n) is 5.56. The lowest BCUT2D eigenvalue weighted by Crippen LogP contribution is -2.41. The predicted molar refractivity (Wildman–Crippen MR) is 87.8 cm³/mol. The van der Waals surface area contributed by atoms with E-state index in [1.807, 2.05) is 6.07 Å². The summed E-state index contributed by atoms with van der Waals surface area (Å²) in [5.74, 6) is 0.125. The van der Waals surface area contributed by atoms with E-state index >= 15 is 0 Å². The molecule has 1 atom stereocenters. The first-order valence-corrected chi connectivity index (χ1v) is 7.56. The van der Waals surface area contributed by atoms with Gasteiger partial charge in [0.25, 0.3) is 5.56 Å². The second kappa shape index (κ2) is 5.52. The summed E-state index contributed by atoms with van der Waals surface area (Å²) >= 11 is 0. The number of nitrogens with zero attached hydrogens (tertiary/aromatic N) is 5. The first-order valence-electron chi connectivity index (χ1n) is 7.56. The van der Waals surface area contributed by atoms with Gasteiger partial charge in [-0.15, -0.1) is 0 Å². The highest BCUT2D eigenvalue weighted by atomic mass is 19.1. The molecule has 0 fully saturated rings. The molecule has 0 aliphatic carbocycles. The van der Waals surface area contributed by atoms with Crippen LogP contribution in [0.25, 0.3) is 10.9 Å². The molecule has 0 bridgehead atoms. The van der Waals surface area contributed by atoms with E-state index in [2.05, 4.69) is 15.3 Å². The quantitative estimate of drug-likeness (QED) is 0.728. The molecule has 0 saturated carbocycles. The van der Waals surface area contributed by atoms with E-state index in [1.54, 1.807) is 43.3 Å². The number of halogens is 1. The Morgan fingerprint density at radius 1 is 1.12 bits per heavy atom. The fourth-order valence-corrected chi connectivity index (χ4v) is 2.94. The summed E-state index contributed by atoms with van der Waals surface area (Å²) in [4.78, 5) is 17.3. The van der Waals surface area contributed by atoms with Crippen LogP contribution in [0, 0.1) is 12.7 Å². The maximum Gasteiger partial charge on any atom is 0.281 e. The van der Waals surface area contributed by atoms with Crippen LogP contribution >= 0.6 is 0 Å². The molecule has 0 spiro atoms. The molecule has 0 amide bonds. The smallest absolute Gasteiger partial charge is 0.267 e. The van der Waals surface area contributed by atoms with Crippen molar-refractivity contribution in [1.29, 1.82) is 0 Å². The van der Waals surface area contributed by atoms with E-state index in [4.69, 9.17) is 0 Å². The van der Waals surface area contributed by atoms with E-state index in [1.165, 1.54) is 15.9 Å². The molecule has 0 N–H and O–H groups in total. The monoisotopic (exact) mass is 323 g/mol. The molecule has 3 aromatic rings. The van der Waals surface area contributed by atoms with Crippen LogP contribution in [-0.4, -0.2) is 16.2 Å². The third kappa shape index (κ3) is 2.17. The molecular formula is C17H14FN5O. The van der Waals surface area contributed by atoms with Gasteiger partial charge in [-0.05, 0) is 25.1 Å². The van der Waals surface area contributed by atoms with Crippen LogP contribution in [0.4, 0.5) is 4.39 Å². The molecule has 0 radical (unpaired) electrons. The van der Waals surface area contributed by atoms with Gasteiger partial charge in [-0.25, -0.2) is 9.37 Å². The summed E-state index contributed by atoms with van der Waals surface area (Å²) in [5, 5.41) is 9.94. The van der Waals surface area contributed by atoms with Crippen molar-refractivity contribution in [2.45, 2.75) is 13.0 Å². The van der Waals surface area contributed by atoms with Gasteiger partial charge in [-0.1, -0.05) is 35.6 Å². The molecule has 4 rings (SSSR count). The first kappa shape index (κ1) is 14.5. The van der Waals surface area contributed by atoms with E-state index in [0.717, 1.165) is 0 Å². The van der Waals surface area contributed by atoms with Crippen molar-refractivity contribution in [2.75, 3.05) is 11.7 Å². The van der Waals surface area contributed by atoms with Gasteiger partial charge in [0, 0.05) is 5.56 Å². The highest BCUT2D eigenvalue weighted by Crippen LogP contribution is 2.27. The summed E-state index contributed by atoms with van der Waals surface area (Å²) in [6.45, 7) is 2.00. The molecule has 0 saturated heterocycles. The summed E-state index contributed by atoms with van der Waals surface area (Å²) in [5.41, 5.74) is 0.817. The van der Waals surface area contributed by atoms with Gasteiger partial charge >= 0.3 is 0 Å². The Morgan fingerprint density at radius 2 is 1.88 bits per heavy atom. The largest absolute Gasteiger partial charge is 0.281 e. The van der Waals surface area contributed by atoms with Crippen molar-refractivity contribution in [3.8, 4) is 0 Å². The minimum Gasteiger partial charge on any atom is -0.267 e. The van der Waals surface area contributed by atoms with Crippen molar-refractivity contribution >= 4 is 10.9 Å². The average Bonchev–Trinajstić information content (AvgIpc) is 3.04. The van der Waals surface area contributed by atoms with Crippen LogP contribution in [0.2, 0.25) is 0 Å². The van der Waals surface area contributed by atoms with Crippen LogP contribution in [-0.2, 0) is 0 Å². The molecule has 1 aromatic heterocycles. The molecule has 2 heterocycles. The lowest BCUT2D eigenvalue weighted by molar-refractivity contribution is 0.497. The predicted octanol–water partition coefficient (Wildman–Crippen LogP) is 2.90. The van der Waals surface area contributed by atoms with Crippen molar-refractivity contribution in [2.24, 2.45) is 10.3 Å². The van der Waals surface area contributed by atoms with Crippen molar-refractivity contribution in [1.82, 2.24) is 9.66 Å². The highest BCUT2D eigenvalue weighted by molar-refractivity contribution is 5.77. The fraction of sp³-hybridized carbons (Fsp3) is 0.176. The molecule has 24 heavy (non-hydrogen) atoms. The number of fused-ring (bicyclic) bond motifs is 1. The van der Waals surface area contributed by atoms with Gasteiger partial charge in [-0.3, -0.25) is 4.79 Å². The van der Waals surface area contributed by atoms with Gasteiger partial charge < -0.3 is 0 Å². The molecule has 2 aromatic carbocycles. The molecule has 1 aliphatic heterocycles. The van der Waals surface area contributed by atoms with Crippen molar-refractivity contribution in [3.63, 3.8) is 0 Å². The minimum atomic E-state index is -0.481. The van der Waals surface area contributed by atoms with Crippen molar-refractivity contribution < 1.29 is 4.39 Å². The minimum absolute atomic E-state index is 0.250. The average molecular weight is 323 g/mol. The Hall–Kier alpha value is -3.09. The maximum atomic E-state index is 14.2. The molecule has 6 nitrogen and oxygen atoms in total. The molecular weight excluding hydrogens is 309 g/mol. The number of hydrogen-bond donors (Lipinski definition) is 0. The van der Waals surface area contributed by atoms with Crippen molar-refractivity contribution in [3.05, 3.63) is 76.1 Å². The van der Waals surface area contributed by atoms with Gasteiger partial charge in [0.15, 0.2) is 0 Å². The number of aromatic nitrogens is 2. The zero-order valence-electron chi connectivity index (χ0n) is 12.9. The van der Waals surface area contributed by atoms with Gasteiger partial charge in [-0.2, -0.15) is 14.9 Å². The summed E-state index contributed by atoms with van der Waals surface area (Å²) in [6, 6.07) is 13.1. The van der Waals surface area contributed by atoms with Gasteiger partial charge in [0.2, 0.25) is 0 Å². The van der Waals surface area contributed by atoms with Gasteiger partial charge in [0.1, 0.15) is 17.7 Å². The molecule has 120 valence electrons. The maximum absolute atomic E-state index is 14.2. The Bertz CT molecular complexity index is 1010. The molecule has 1 unspecified atom stereocenters. The third-order valence-corrected chi connectivity index (χ3v) is 4.07. The Labute approximate surface area is 136 Å². The van der Waals surface area contributed by atoms with Gasteiger partial charge in [0.05, 0.1) is 17.4 Å². The topological polar surface area (TPSA) is 62.9 Å². The lowest BCUT2D eigenvalue weighted by atomic mass is 10.1. The van der Waals surface area contributed by atoms with Crippen LogP contribution in [0.15, 0.2) is 63.7 Å².